The van der Waals surface area contributed by atoms with Crippen LogP contribution in [0.4, 0.5) is 0 Å². The summed E-state index contributed by atoms with van der Waals surface area (Å²) >= 11 is 0. The van der Waals surface area contributed by atoms with Crippen molar-refractivity contribution in [2.45, 2.75) is 57.2 Å². The highest BCUT2D eigenvalue weighted by molar-refractivity contribution is 6.06. The highest BCUT2D eigenvalue weighted by atomic mass is 16.3. The Balaban J connectivity index is 2.04. The molecule has 2 N–H and O–H groups in total. The quantitative estimate of drug-likeness (QED) is 0.901. The van der Waals surface area contributed by atoms with E-state index in [1.165, 1.54) is 11.3 Å². The summed E-state index contributed by atoms with van der Waals surface area (Å²) in [6.45, 7) is 1.85. The molecule has 118 valence electrons. The van der Waals surface area contributed by atoms with E-state index in [2.05, 4.69) is 0 Å². The monoisotopic (exact) mass is 301 g/mol. The number of rotatable bonds is 3. The lowest BCUT2D eigenvalue weighted by Crippen LogP contribution is -2.53. The molecule has 4 nitrogen and oxygen atoms in total. The molecule has 1 aliphatic heterocycles. The van der Waals surface area contributed by atoms with Gasteiger partial charge in [0.1, 0.15) is 0 Å². The van der Waals surface area contributed by atoms with Gasteiger partial charge >= 0.3 is 0 Å². The average molecular weight is 301 g/mol. The molecule has 0 bridgehead atoms. The first-order valence-electron chi connectivity index (χ1n) is 8.14. The van der Waals surface area contributed by atoms with E-state index in [1.807, 2.05) is 37.3 Å². The van der Waals surface area contributed by atoms with Crippen LogP contribution in [-0.2, 0) is 4.79 Å². The van der Waals surface area contributed by atoms with Gasteiger partial charge in [0.15, 0.2) is 11.5 Å². The molecule has 22 heavy (non-hydrogen) atoms. The second kappa shape index (κ2) is 5.76. The molecular formula is C18H23NO3. The number of carbonyl (C=O) groups excluding carboxylic acids is 1. The molecule has 1 aliphatic carbocycles. The molecule has 1 aromatic rings. The van der Waals surface area contributed by atoms with E-state index < -0.39 is 11.6 Å². The van der Waals surface area contributed by atoms with Crippen molar-refractivity contribution in [2.24, 2.45) is 0 Å². The van der Waals surface area contributed by atoms with E-state index in [4.69, 9.17) is 0 Å². The maximum Gasteiger partial charge on any atom is 0.291 e. The number of amides is 1. The van der Waals surface area contributed by atoms with Gasteiger partial charge in [-0.15, -0.1) is 0 Å². The normalized spacial score (nSPS) is 26.8. The lowest BCUT2D eigenvalue weighted by atomic mass is 9.89. The summed E-state index contributed by atoms with van der Waals surface area (Å²) in [5.41, 5.74) is -0.355. The smallest absolute Gasteiger partial charge is 0.291 e. The molecule has 0 saturated heterocycles. The van der Waals surface area contributed by atoms with Crippen LogP contribution in [-0.4, -0.2) is 32.8 Å². The van der Waals surface area contributed by atoms with Crippen LogP contribution >= 0.6 is 0 Å². The van der Waals surface area contributed by atoms with Crippen LogP contribution in [0, 0.1) is 0 Å². The lowest BCUT2D eigenvalue weighted by Gasteiger charge is -2.41. The van der Waals surface area contributed by atoms with Crippen LogP contribution < -0.4 is 0 Å². The number of nitrogens with zero attached hydrogens (tertiary/aromatic N) is 1. The van der Waals surface area contributed by atoms with Crippen molar-refractivity contribution in [1.82, 2.24) is 4.90 Å². The molecule has 1 unspecified atom stereocenters. The summed E-state index contributed by atoms with van der Waals surface area (Å²) < 4.78 is 0. The van der Waals surface area contributed by atoms with Crippen LogP contribution in [0.3, 0.4) is 0 Å². The van der Waals surface area contributed by atoms with Crippen molar-refractivity contribution in [3.05, 3.63) is 41.7 Å². The first kappa shape index (κ1) is 15.1. The first-order chi connectivity index (χ1) is 10.6. The predicted octanol–water partition coefficient (Wildman–Crippen LogP) is 3.23. The van der Waals surface area contributed by atoms with Crippen molar-refractivity contribution in [3.8, 4) is 0 Å². The standard InChI is InChI=1S/C18H23NO3/c1-2-18(22)15(13-9-5-3-6-10-13)16(20)17(21)19(18)14-11-7-4-8-12-14/h3,5-6,9-10,14,20,22H,2,4,7-8,11-12H2,1H3. The third-order valence-corrected chi connectivity index (χ3v) is 4.95. The zero-order valence-electron chi connectivity index (χ0n) is 13.0. The molecule has 1 fully saturated rings. The minimum absolute atomic E-state index is 0.00885. The van der Waals surface area contributed by atoms with E-state index in [0.717, 1.165) is 25.7 Å². The molecule has 1 aromatic carbocycles. The Hall–Kier alpha value is -1.81. The van der Waals surface area contributed by atoms with Gasteiger partial charge in [0.25, 0.3) is 5.91 Å². The van der Waals surface area contributed by atoms with Crippen molar-refractivity contribution >= 4 is 11.5 Å². The van der Waals surface area contributed by atoms with E-state index >= 15 is 0 Å². The van der Waals surface area contributed by atoms with Gasteiger partial charge in [0.05, 0.1) is 5.57 Å². The van der Waals surface area contributed by atoms with Crippen molar-refractivity contribution in [1.29, 1.82) is 0 Å². The molecule has 1 heterocycles. The Kier molecular flexibility index (Phi) is 3.96. The molecule has 0 spiro atoms. The zero-order chi connectivity index (χ0) is 15.7. The molecule has 0 aromatic heterocycles. The second-order valence-corrected chi connectivity index (χ2v) is 6.23. The van der Waals surface area contributed by atoms with Crippen LogP contribution in [0.2, 0.25) is 0 Å². The minimum atomic E-state index is -1.41. The predicted molar refractivity (Wildman–Crippen MR) is 85.0 cm³/mol. The lowest BCUT2D eigenvalue weighted by molar-refractivity contribution is -0.150. The maximum absolute atomic E-state index is 12.6. The Bertz CT molecular complexity index is 590. The van der Waals surface area contributed by atoms with Crippen LogP contribution in [0.15, 0.2) is 36.1 Å². The fraction of sp³-hybridized carbons (Fsp3) is 0.500. The highest BCUT2D eigenvalue weighted by Crippen LogP contribution is 2.44. The van der Waals surface area contributed by atoms with Gasteiger partial charge in [-0.05, 0) is 24.8 Å². The second-order valence-electron chi connectivity index (χ2n) is 6.23. The molecule has 1 atom stereocenters. The number of hydrogen-bond acceptors (Lipinski definition) is 3. The number of aliphatic hydroxyl groups is 2. The summed E-state index contributed by atoms with van der Waals surface area (Å²) in [5, 5.41) is 21.7. The summed E-state index contributed by atoms with van der Waals surface area (Å²) in [7, 11) is 0. The van der Waals surface area contributed by atoms with Crippen LogP contribution in [0.25, 0.3) is 5.57 Å². The number of carbonyl (C=O) groups is 1. The maximum atomic E-state index is 12.6. The summed E-state index contributed by atoms with van der Waals surface area (Å²) in [6.07, 6.45) is 5.45. The molecular weight excluding hydrogens is 278 g/mol. The first-order valence-corrected chi connectivity index (χ1v) is 8.14. The third kappa shape index (κ3) is 2.22. The number of hydrogen-bond donors (Lipinski definition) is 2. The van der Waals surface area contributed by atoms with Gasteiger partial charge in [-0.25, -0.2) is 0 Å². The molecule has 0 radical (unpaired) electrons. The van der Waals surface area contributed by atoms with Gasteiger partial charge in [-0.2, -0.15) is 0 Å². The molecule has 1 amide bonds. The van der Waals surface area contributed by atoms with Gasteiger partial charge in [-0.1, -0.05) is 56.5 Å². The van der Waals surface area contributed by atoms with E-state index in [9.17, 15) is 15.0 Å². The summed E-state index contributed by atoms with van der Waals surface area (Å²) in [6, 6.07) is 9.23. The Morgan fingerprint density at radius 3 is 2.41 bits per heavy atom. The number of aliphatic hydroxyl groups excluding tert-OH is 1. The van der Waals surface area contributed by atoms with Crippen molar-refractivity contribution < 1.29 is 15.0 Å². The number of benzene rings is 1. The van der Waals surface area contributed by atoms with E-state index in [1.54, 1.807) is 0 Å². The van der Waals surface area contributed by atoms with Crippen molar-refractivity contribution in [2.75, 3.05) is 0 Å². The van der Waals surface area contributed by atoms with Crippen molar-refractivity contribution in [3.63, 3.8) is 0 Å². The SMILES string of the molecule is CCC1(O)C(c2ccccc2)=C(O)C(=O)N1C1CCCCC1. The Labute approximate surface area is 131 Å². The summed E-state index contributed by atoms with van der Waals surface area (Å²) in [5.74, 6) is -0.740. The largest absolute Gasteiger partial charge is 0.503 e. The molecule has 4 heteroatoms. The van der Waals surface area contributed by atoms with E-state index in [-0.39, 0.29) is 11.8 Å². The Morgan fingerprint density at radius 2 is 1.82 bits per heavy atom. The van der Waals surface area contributed by atoms with Gasteiger partial charge in [0, 0.05) is 6.04 Å². The fourth-order valence-electron chi connectivity index (χ4n) is 3.83. The van der Waals surface area contributed by atoms with E-state index in [0.29, 0.717) is 17.6 Å². The Morgan fingerprint density at radius 1 is 1.18 bits per heavy atom. The van der Waals surface area contributed by atoms with Gasteiger partial charge < -0.3 is 15.1 Å². The highest BCUT2D eigenvalue weighted by Gasteiger charge is 2.52. The molecule has 2 aliphatic rings. The average Bonchev–Trinajstić information content (AvgIpc) is 2.76. The molecule has 3 rings (SSSR count). The summed E-state index contributed by atoms with van der Waals surface area (Å²) in [4.78, 5) is 14.2. The third-order valence-electron chi connectivity index (χ3n) is 4.95. The van der Waals surface area contributed by atoms with Gasteiger partial charge in [0.2, 0.25) is 0 Å². The topological polar surface area (TPSA) is 60.8 Å². The molecule has 1 saturated carbocycles. The van der Waals surface area contributed by atoms with Crippen LogP contribution in [0.1, 0.15) is 51.0 Å². The van der Waals surface area contributed by atoms with Crippen LogP contribution in [0.5, 0.6) is 0 Å². The minimum Gasteiger partial charge on any atom is -0.503 e. The van der Waals surface area contributed by atoms with Gasteiger partial charge in [-0.3, -0.25) is 4.79 Å². The zero-order valence-corrected chi connectivity index (χ0v) is 13.0. The fourth-order valence-corrected chi connectivity index (χ4v) is 3.83.